The fraction of sp³-hybridized carbons (Fsp3) is 0.889. The van der Waals surface area contributed by atoms with Crippen LogP contribution in [-0.4, -0.2) is 24.8 Å². The number of hydrogen-bond acceptors (Lipinski definition) is 3. The zero-order chi connectivity index (χ0) is 9.19. The van der Waals surface area contributed by atoms with Crippen LogP contribution < -0.4 is 0 Å². The normalized spacial score (nSPS) is 36.4. The summed E-state index contributed by atoms with van der Waals surface area (Å²) >= 11 is 0. The van der Waals surface area contributed by atoms with Crippen LogP contribution in [0.4, 0.5) is 0 Å². The van der Waals surface area contributed by atoms with E-state index in [1.54, 1.807) is 14.0 Å². The SMILES string of the molecule is CO[C@]1(C)CCC[C@H](C(C)=O)O1. The average molecular weight is 172 g/mol. The van der Waals surface area contributed by atoms with Crippen molar-refractivity contribution in [3.05, 3.63) is 0 Å². The summed E-state index contributed by atoms with van der Waals surface area (Å²) in [7, 11) is 1.61. The smallest absolute Gasteiger partial charge is 0.166 e. The third-order valence-corrected chi connectivity index (χ3v) is 2.37. The van der Waals surface area contributed by atoms with Gasteiger partial charge in [0.05, 0.1) is 0 Å². The van der Waals surface area contributed by atoms with E-state index >= 15 is 0 Å². The first-order chi connectivity index (χ1) is 5.57. The standard InChI is InChI=1S/C9H16O3/c1-7(10)8-5-4-6-9(2,11-3)12-8/h8H,4-6H2,1-3H3/t8-,9+/m1/s1. The molecule has 0 radical (unpaired) electrons. The molecule has 0 bridgehead atoms. The van der Waals surface area contributed by atoms with Gasteiger partial charge in [-0.2, -0.15) is 0 Å². The molecule has 1 heterocycles. The molecule has 12 heavy (non-hydrogen) atoms. The second-order valence-corrected chi connectivity index (χ2v) is 3.45. The van der Waals surface area contributed by atoms with Crippen LogP contribution in [0.5, 0.6) is 0 Å². The van der Waals surface area contributed by atoms with Crippen LogP contribution in [0.15, 0.2) is 0 Å². The first-order valence-electron chi connectivity index (χ1n) is 4.31. The lowest BCUT2D eigenvalue weighted by molar-refractivity contribution is -0.252. The van der Waals surface area contributed by atoms with E-state index in [1.807, 2.05) is 6.92 Å². The van der Waals surface area contributed by atoms with E-state index in [1.165, 1.54) is 0 Å². The minimum absolute atomic E-state index is 0.0953. The molecule has 0 saturated carbocycles. The molecular formula is C9H16O3. The van der Waals surface area contributed by atoms with E-state index in [4.69, 9.17) is 9.47 Å². The van der Waals surface area contributed by atoms with Crippen LogP contribution in [-0.2, 0) is 14.3 Å². The van der Waals surface area contributed by atoms with E-state index in [0.29, 0.717) is 0 Å². The van der Waals surface area contributed by atoms with E-state index in [0.717, 1.165) is 19.3 Å². The van der Waals surface area contributed by atoms with Gasteiger partial charge >= 0.3 is 0 Å². The van der Waals surface area contributed by atoms with Crippen molar-refractivity contribution in [3.63, 3.8) is 0 Å². The van der Waals surface area contributed by atoms with Gasteiger partial charge in [-0.3, -0.25) is 4.79 Å². The predicted molar refractivity (Wildman–Crippen MR) is 44.8 cm³/mol. The Kier molecular flexibility index (Phi) is 2.85. The van der Waals surface area contributed by atoms with Crippen LogP contribution in [0.1, 0.15) is 33.1 Å². The number of carbonyl (C=O) groups is 1. The van der Waals surface area contributed by atoms with Crippen molar-refractivity contribution in [2.45, 2.75) is 45.0 Å². The highest BCUT2D eigenvalue weighted by Crippen LogP contribution is 2.29. The van der Waals surface area contributed by atoms with Gasteiger partial charge in [-0.1, -0.05) is 0 Å². The van der Waals surface area contributed by atoms with Crippen LogP contribution in [0.25, 0.3) is 0 Å². The Hall–Kier alpha value is -0.410. The molecule has 0 unspecified atom stereocenters. The molecule has 2 atom stereocenters. The summed E-state index contributed by atoms with van der Waals surface area (Å²) in [6, 6.07) is 0. The van der Waals surface area contributed by atoms with Gasteiger partial charge in [0.25, 0.3) is 0 Å². The van der Waals surface area contributed by atoms with Crippen molar-refractivity contribution in [1.82, 2.24) is 0 Å². The van der Waals surface area contributed by atoms with Crippen molar-refractivity contribution >= 4 is 5.78 Å². The van der Waals surface area contributed by atoms with E-state index in [-0.39, 0.29) is 11.9 Å². The lowest BCUT2D eigenvalue weighted by Crippen LogP contribution is -2.42. The molecule has 1 rings (SSSR count). The van der Waals surface area contributed by atoms with Gasteiger partial charge < -0.3 is 9.47 Å². The van der Waals surface area contributed by atoms with Gasteiger partial charge in [-0.25, -0.2) is 0 Å². The number of Topliss-reactive ketones (excluding diaryl/α,β-unsaturated/α-hetero) is 1. The number of hydrogen-bond donors (Lipinski definition) is 0. The second-order valence-electron chi connectivity index (χ2n) is 3.45. The molecule has 70 valence electrons. The van der Waals surface area contributed by atoms with Crippen LogP contribution in [0, 0.1) is 0 Å². The molecule has 0 aromatic heterocycles. The van der Waals surface area contributed by atoms with Gasteiger partial charge in [0.2, 0.25) is 0 Å². The molecule has 0 amide bonds. The highest BCUT2D eigenvalue weighted by molar-refractivity contribution is 5.80. The molecule has 1 aliphatic heterocycles. The average Bonchev–Trinajstić information content (AvgIpc) is 2.05. The monoisotopic (exact) mass is 172 g/mol. The Bertz CT molecular complexity index is 179. The number of ketones is 1. The quantitative estimate of drug-likeness (QED) is 0.633. The molecule has 0 spiro atoms. The molecule has 1 saturated heterocycles. The van der Waals surface area contributed by atoms with Crippen molar-refractivity contribution in [1.29, 1.82) is 0 Å². The van der Waals surface area contributed by atoms with Gasteiger partial charge in [-0.15, -0.1) is 0 Å². The highest BCUT2D eigenvalue weighted by Gasteiger charge is 2.34. The van der Waals surface area contributed by atoms with E-state index in [2.05, 4.69) is 0 Å². The number of methoxy groups -OCH3 is 1. The van der Waals surface area contributed by atoms with Gasteiger partial charge in [0, 0.05) is 13.5 Å². The number of carbonyl (C=O) groups excluding carboxylic acids is 1. The van der Waals surface area contributed by atoms with Crippen molar-refractivity contribution in [3.8, 4) is 0 Å². The van der Waals surface area contributed by atoms with Crippen molar-refractivity contribution < 1.29 is 14.3 Å². The maximum atomic E-state index is 11.0. The van der Waals surface area contributed by atoms with Crippen LogP contribution >= 0.6 is 0 Å². The molecule has 1 aliphatic rings. The topological polar surface area (TPSA) is 35.5 Å². The molecule has 0 aromatic rings. The highest BCUT2D eigenvalue weighted by atomic mass is 16.7. The Morgan fingerprint density at radius 3 is 2.83 bits per heavy atom. The first-order valence-corrected chi connectivity index (χ1v) is 4.31. The summed E-state index contributed by atoms with van der Waals surface area (Å²) in [6.45, 7) is 3.44. The summed E-state index contributed by atoms with van der Waals surface area (Å²) in [6.07, 6.45) is 2.43. The van der Waals surface area contributed by atoms with E-state index < -0.39 is 5.79 Å². The Labute approximate surface area is 73.0 Å². The zero-order valence-corrected chi connectivity index (χ0v) is 7.92. The fourth-order valence-electron chi connectivity index (χ4n) is 1.46. The van der Waals surface area contributed by atoms with Gasteiger partial charge in [0.1, 0.15) is 6.10 Å². The number of ether oxygens (including phenoxy) is 2. The summed E-state index contributed by atoms with van der Waals surface area (Å²) in [5, 5.41) is 0. The maximum Gasteiger partial charge on any atom is 0.166 e. The summed E-state index contributed by atoms with van der Waals surface area (Å²) in [4.78, 5) is 11.0. The Morgan fingerprint density at radius 2 is 2.33 bits per heavy atom. The van der Waals surface area contributed by atoms with Crippen LogP contribution in [0.3, 0.4) is 0 Å². The summed E-state index contributed by atoms with van der Waals surface area (Å²) < 4.78 is 10.7. The first kappa shape index (κ1) is 9.68. The molecule has 0 aliphatic carbocycles. The molecule has 1 fully saturated rings. The third-order valence-electron chi connectivity index (χ3n) is 2.37. The fourth-order valence-corrected chi connectivity index (χ4v) is 1.46. The minimum Gasteiger partial charge on any atom is -0.353 e. The lowest BCUT2D eigenvalue weighted by atomic mass is 10.0. The second kappa shape index (κ2) is 3.54. The van der Waals surface area contributed by atoms with Gasteiger partial charge in [-0.05, 0) is 26.7 Å². The van der Waals surface area contributed by atoms with Gasteiger partial charge in [0.15, 0.2) is 11.6 Å². The Balaban J connectivity index is 2.57. The molecule has 3 heteroatoms. The van der Waals surface area contributed by atoms with Crippen molar-refractivity contribution in [2.75, 3.05) is 7.11 Å². The predicted octanol–water partition coefficient (Wildman–Crippen LogP) is 1.51. The zero-order valence-electron chi connectivity index (χ0n) is 7.92. The van der Waals surface area contributed by atoms with E-state index in [9.17, 15) is 4.79 Å². The summed E-state index contributed by atoms with van der Waals surface area (Å²) in [5.74, 6) is -0.452. The van der Waals surface area contributed by atoms with Crippen molar-refractivity contribution in [2.24, 2.45) is 0 Å². The Morgan fingerprint density at radius 1 is 1.67 bits per heavy atom. The maximum absolute atomic E-state index is 11.0. The number of rotatable bonds is 2. The molecule has 3 nitrogen and oxygen atoms in total. The van der Waals surface area contributed by atoms with Crippen LogP contribution in [0.2, 0.25) is 0 Å². The lowest BCUT2D eigenvalue weighted by Gasteiger charge is -2.36. The largest absolute Gasteiger partial charge is 0.353 e. The minimum atomic E-state index is -0.547. The summed E-state index contributed by atoms with van der Waals surface area (Å²) in [5.41, 5.74) is 0. The molecule has 0 aromatic carbocycles. The third kappa shape index (κ3) is 2.05. The molecule has 0 N–H and O–H groups in total. The molecular weight excluding hydrogens is 156 g/mol.